The van der Waals surface area contributed by atoms with Crippen LogP contribution >= 0.6 is 0 Å². The van der Waals surface area contributed by atoms with Crippen molar-refractivity contribution in [2.24, 2.45) is 5.41 Å². The Labute approximate surface area is 394 Å². The van der Waals surface area contributed by atoms with Crippen LogP contribution in [0.1, 0.15) is 207 Å². The number of aliphatic hydroxyl groups excluding tert-OH is 2. The van der Waals surface area contributed by atoms with Gasteiger partial charge in [-0.05, 0) is 192 Å². The maximum absolute atomic E-state index is 13.6. The number of allylic oxidation sites excluding steroid dienone is 1. The molecule has 378 valence electrons. The summed E-state index contributed by atoms with van der Waals surface area (Å²) in [5.74, 6) is 0.873. The standard InChI is InChI=1S/C53H104N4O7/c1-44(2,3)36-30-29-33(54(45(4,5)6)46(7,8)9)42(62-36)63-39-34(55(47(10,11)12)48(13,14)15)31-35(56(49(16,17)18)50(19,20)21)40(37(39)58)64-43-38(59)41(53(28,60)32-61-43)57(51(22,23)24)52(25,26)27/h30,33-35,37-43,58-60H,29,31-32H2,1-28H3/t33-,34+,35-,37+,38-,39-,40+,41-,42-,43-,53+/m1/s1. The number of hydrogen-bond donors (Lipinski definition) is 3. The van der Waals surface area contributed by atoms with E-state index in [2.05, 4.69) is 213 Å². The normalized spacial score (nSPS) is 32.7. The summed E-state index contributed by atoms with van der Waals surface area (Å²) < 4.78 is 28.4. The first kappa shape index (κ1) is 57.5. The van der Waals surface area contributed by atoms with E-state index in [1.807, 2.05) is 0 Å². The van der Waals surface area contributed by atoms with Crippen molar-refractivity contribution in [3.8, 4) is 0 Å². The van der Waals surface area contributed by atoms with Gasteiger partial charge in [-0.2, -0.15) is 0 Å². The molecule has 0 aromatic heterocycles. The Morgan fingerprint density at radius 2 is 0.828 bits per heavy atom. The maximum atomic E-state index is 13.6. The molecule has 3 N–H and O–H groups in total. The molecule has 1 saturated carbocycles. The molecule has 2 fully saturated rings. The smallest absolute Gasteiger partial charge is 0.215 e. The van der Waals surface area contributed by atoms with Gasteiger partial charge in [0, 0.05) is 61.8 Å². The largest absolute Gasteiger partial charge is 0.467 e. The third kappa shape index (κ3) is 13.1. The lowest BCUT2D eigenvalue weighted by atomic mass is 9.75. The van der Waals surface area contributed by atoms with Crippen LogP contribution in [-0.2, 0) is 18.9 Å². The summed E-state index contributed by atoms with van der Waals surface area (Å²) in [5, 5.41) is 38.3. The average Bonchev–Trinajstić information content (AvgIpc) is 2.98. The topological polar surface area (TPSA) is 111 Å². The van der Waals surface area contributed by atoms with Gasteiger partial charge in [-0.15, -0.1) is 0 Å². The molecule has 1 saturated heterocycles. The van der Waals surface area contributed by atoms with Crippen LogP contribution in [0.4, 0.5) is 0 Å². The van der Waals surface area contributed by atoms with Crippen molar-refractivity contribution in [1.82, 2.24) is 19.6 Å². The minimum atomic E-state index is -1.40. The van der Waals surface area contributed by atoms with Crippen molar-refractivity contribution in [2.75, 3.05) is 6.61 Å². The number of nitrogens with zero attached hydrogens (tertiary/aromatic N) is 4. The second-order valence-electron chi connectivity index (χ2n) is 29.0. The third-order valence-corrected chi connectivity index (χ3v) is 13.2. The van der Waals surface area contributed by atoms with Crippen molar-refractivity contribution < 1.29 is 34.3 Å². The number of rotatable bonds is 8. The molecule has 11 atom stereocenters. The number of aliphatic hydroxyl groups is 3. The molecule has 11 heteroatoms. The summed E-state index contributed by atoms with van der Waals surface area (Å²) in [6, 6.07) is -1.59. The number of ether oxygens (including phenoxy) is 4. The van der Waals surface area contributed by atoms with Crippen LogP contribution in [-0.4, -0.2) is 153 Å². The quantitative estimate of drug-likeness (QED) is 0.217. The van der Waals surface area contributed by atoms with Gasteiger partial charge in [0.15, 0.2) is 6.29 Å². The molecule has 1 aliphatic carbocycles. The van der Waals surface area contributed by atoms with Gasteiger partial charge in [-0.3, -0.25) is 19.6 Å². The van der Waals surface area contributed by atoms with E-state index in [-0.39, 0.29) is 63.4 Å². The van der Waals surface area contributed by atoms with Crippen LogP contribution in [0.15, 0.2) is 11.8 Å². The fourth-order valence-electron chi connectivity index (χ4n) is 13.1. The summed E-state index contributed by atoms with van der Waals surface area (Å²) >= 11 is 0. The van der Waals surface area contributed by atoms with Crippen LogP contribution in [0.25, 0.3) is 0 Å². The number of hydrogen-bond acceptors (Lipinski definition) is 11. The molecule has 11 nitrogen and oxygen atoms in total. The first-order valence-electron chi connectivity index (χ1n) is 24.6. The van der Waals surface area contributed by atoms with Gasteiger partial charge in [0.25, 0.3) is 0 Å². The lowest BCUT2D eigenvalue weighted by molar-refractivity contribution is -0.333. The van der Waals surface area contributed by atoms with Crippen molar-refractivity contribution in [3.63, 3.8) is 0 Å². The first-order chi connectivity index (χ1) is 28.1. The zero-order valence-corrected chi connectivity index (χ0v) is 46.7. The molecule has 0 aromatic rings. The zero-order valence-electron chi connectivity index (χ0n) is 46.7. The summed E-state index contributed by atoms with van der Waals surface area (Å²) in [5.41, 5.74) is -4.44. The molecule has 2 aliphatic heterocycles. The Kier molecular flexibility index (Phi) is 16.6. The van der Waals surface area contributed by atoms with E-state index in [1.165, 1.54) is 0 Å². The minimum absolute atomic E-state index is 0.0584. The Hall–Kier alpha value is -0.860. The SMILES string of the molecule is CC(C)(C)C1=CC[C@@H](N(C(C)(C)C)C(C)(C)C)[C@@H](O[C@H]2[C@H](O)[C@@H](O[C@H]3OC[C@](C)(O)[C@H](N(C(C)(C)C)C(C)(C)C)[C@H]3O)[C@H](N(C(C)(C)C)C(C)(C)C)C[C@@H]2N(C(C)(C)C)C(C)(C)C)O1. The summed E-state index contributed by atoms with van der Waals surface area (Å²) in [7, 11) is 0. The van der Waals surface area contributed by atoms with Crippen LogP contribution in [0.5, 0.6) is 0 Å². The van der Waals surface area contributed by atoms with Gasteiger partial charge < -0.3 is 34.3 Å². The van der Waals surface area contributed by atoms with Crippen molar-refractivity contribution in [1.29, 1.82) is 0 Å². The average molecular weight is 909 g/mol. The summed E-state index contributed by atoms with van der Waals surface area (Å²) in [4.78, 5) is 9.73. The monoisotopic (exact) mass is 909 g/mol. The maximum Gasteiger partial charge on any atom is 0.215 e. The Morgan fingerprint density at radius 3 is 1.16 bits per heavy atom. The van der Waals surface area contributed by atoms with Gasteiger partial charge in [0.1, 0.15) is 35.8 Å². The van der Waals surface area contributed by atoms with Crippen LogP contribution in [0.3, 0.4) is 0 Å². The van der Waals surface area contributed by atoms with Gasteiger partial charge in [0.05, 0.1) is 18.7 Å². The molecule has 0 aromatic carbocycles. The third-order valence-electron chi connectivity index (χ3n) is 13.2. The molecule has 0 radical (unpaired) electrons. The molecule has 0 spiro atoms. The minimum Gasteiger partial charge on any atom is -0.467 e. The predicted molar refractivity (Wildman–Crippen MR) is 264 cm³/mol. The van der Waals surface area contributed by atoms with Crippen LogP contribution in [0.2, 0.25) is 0 Å². The molecule has 3 aliphatic rings. The highest BCUT2D eigenvalue weighted by atomic mass is 16.7. The fraction of sp³-hybridized carbons (Fsp3) is 0.962. The second-order valence-corrected chi connectivity index (χ2v) is 29.0. The molecule has 2 heterocycles. The van der Waals surface area contributed by atoms with E-state index in [1.54, 1.807) is 6.92 Å². The lowest BCUT2D eigenvalue weighted by Gasteiger charge is -2.62. The van der Waals surface area contributed by atoms with Crippen molar-refractivity contribution >= 4 is 0 Å². The van der Waals surface area contributed by atoms with E-state index >= 15 is 0 Å². The van der Waals surface area contributed by atoms with Crippen LogP contribution in [0, 0.1) is 5.41 Å². The van der Waals surface area contributed by atoms with E-state index in [9.17, 15) is 15.3 Å². The second kappa shape index (κ2) is 18.5. The Balaban J connectivity index is 2.43. The van der Waals surface area contributed by atoms with E-state index < -0.39 is 59.7 Å². The van der Waals surface area contributed by atoms with Gasteiger partial charge >= 0.3 is 0 Å². The van der Waals surface area contributed by atoms with Crippen molar-refractivity contribution in [3.05, 3.63) is 11.8 Å². The van der Waals surface area contributed by atoms with E-state index in [0.717, 1.165) is 5.76 Å². The predicted octanol–water partition coefficient (Wildman–Crippen LogP) is 9.74. The summed E-state index contributed by atoms with van der Waals surface area (Å²) in [6.45, 7) is 61.2. The molecule has 64 heavy (non-hydrogen) atoms. The van der Waals surface area contributed by atoms with E-state index in [0.29, 0.717) is 12.8 Å². The highest BCUT2D eigenvalue weighted by molar-refractivity contribution is 5.14. The Bertz CT molecular complexity index is 1510. The molecular formula is C53H104N4O7. The fourth-order valence-corrected chi connectivity index (χ4v) is 13.1. The van der Waals surface area contributed by atoms with Crippen LogP contribution < -0.4 is 0 Å². The van der Waals surface area contributed by atoms with Gasteiger partial charge in [-0.25, -0.2) is 0 Å². The molecule has 0 bridgehead atoms. The molecule has 0 unspecified atom stereocenters. The van der Waals surface area contributed by atoms with Gasteiger partial charge in [-0.1, -0.05) is 20.8 Å². The van der Waals surface area contributed by atoms with E-state index in [4.69, 9.17) is 18.9 Å². The zero-order chi connectivity index (χ0) is 50.3. The molecule has 3 rings (SSSR count). The lowest BCUT2D eigenvalue weighted by Crippen LogP contribution is -2.76. The summed E-state index contributed by atoms with van der Waals surface area (Å²) in [6.07, 6.45) is -2.51. The van der Waals surface area contributed by atoms with Gasteiger partial charge in [0.2, 0.25) is 6.29 Å². The van der Waals surface area contributed by atoms with Crippen molar-refractivity contribution in [2.45, 2.75) is 318 Å². The Morgan fingerprint density at radius 1 is 0.500 bits per heavy atom. The molecule has 0 amide bonds. The highest BCUT2D eigenvalue weighted by Gasteiger charge is 2.60. The molecular weight excluding hydrogens is 805 g/mol. The first-order valence-corrected chi connectivity index (χ1v) is 24.6. The highest BCUT2D eigenvalue weighted by Crippen LogP contribution is 2.47.